The van der Waals surface area contributed by atoms with Gasteiger partial charge in [0.15, 0.2) is 0 Å². The van der Waals surface area contributed by atoms with E-state index in [2.05, 4.69) is 58.8 Å². The van der Waals surface area contributed by atoms with Gasteiger partial charge in [-0.05, 0) is 59.9 Å². The van der Waals surface area contributed by atoms with Crippen molar-refractivity contribution in [1.29, 1.82) is 0 Å². The molecule has 3 rings (SSSR count). The first kappa shape index (κ1) is 23.9. The summed E-state index contributed by atoms with van der Waals surface area (Å²) in [6, 6.07) is 14.0. The van der Waals surface area contributed by atoms with Crippen LogP contribution in [0.5, 0.6) is 0 Å². The summed E-state index contributed by atoms with van der Waals surface area (Å²) in [5.74, 6) is -0.0589. The summed E-state index contributed by atoms with van der Waals surface area (Å²) in [5.41, 5.74) is 2.32. The maximum atomic E-state index is 12.7. The van der Waals surface area contributed by atoms with Crippen LogP contribution in [0.25, 0.3) is 21.8 Å². The summed E-state index contributed by atoms with van der Waals surface area (Å²) in [6.07, 6.45) is 0. The molecular weight excluding hydrogens is 496 g/mol. The van der Waals surface area contributed by atoms with Gasteiger partial charge in [-0.25, -0.2) is 4.98 Å². The third-order valence-corrected chi connectivity index (χ3v) is 5.43. The Balaban J connectivity index is 0.00000182. The molecule has 1 N–H and O–H groups in total. The van der Waals surface area contributed by atoms with Crippen molar-refractivity contribution in [3.63, 3.8) is 0 Å². The first-order valence-corrected chi connectivity index (χ1v) is 9.70. The van der Waals surface area contributed by atoms with Gasteiger partial charge in [0.2, 0.25) is 0 Å². The van der Waals surface area contributed by atoms with Crippen molar-refractivity contribution >= 4 is 75.1 Å². The highest BCUT2D eigenvalue weighted by Gasteiger charge is 2.14. The largest absolute Gasteiger partial charge is 0.351 e. The van der Waals surface area contributed by atoms with Gasteiger partial charge in [-0.2, -0.15) is 0 Å². The molecule has 4 nitrogen and oxygen atoms in total. The predicted molar refractivity (Wildman–Crippen MR) is 127 cm³/mol. The van der Waals surface area contributed by atoms with E-state index in [1.807, 2.05) is 30.3 Å². The van der Waals surface area contributed by atoms with E-state index in [9.17, 15) is 4.79 Å². The molecule has 0 saturated carbocycles. The lowest BCUT2D eigenvalue weighted by atomic mass is 10.1. The highest BCUT2D eigenvalue weighted by molar-refractivity contribution is 14.1. The van der Waals surface area contributed by atoms with E-state index in [4.69, 9.17) is 4.98 Å². The summed E-state index contributed by atoms with van der Waals surface area (Å²) in [4.78, 5) is 19.7. The second-order valence-corrected chi connectivity index (χ2v) is 7.12. The molecule has 0 fully saturated rings. The van der Waals surface area contributed by atoms with Crippen molar-refractivity contribution in [2.75, 3.05) is 26.2 Å². The summed E-state index contributed by atoms with van der Waals surface area (Å²) in [7, 11) is 0. The number of benzene rings is 2. The topological polar surface area (TPSA) is 45.2 Å². The number of hydrogen-bond donors (Lipinski definition) is 1. The number of nitrogens with one attached hydrogen (secondary N) is 1. The molecule has 1 heterocycles. The van der Waals surface area contributed by atoms with Crippen molar-refractivity contribution in [2.24, 2.45) is 0 Å². The number of carbonyl (C=O) groups is 1. The molecule has 0 spiro atoms. The molecule has 1 aromatic heterocycles. The zero-order valence-corrected chi connectivity index (χ0v) is 19.2. The molecule has 2 aromatic carbocycles. The standard InChI is InChI=1S/C20H22IN3O.2ClH/c1-3-24(4-2)12-11-22-20(25)15-9-10-17(21)16-13-14-7-5-6-8-18(14)23-19(15)16;;/h5-10,13H,3-4,11-12H2,1-2H3,(H,22,25);2*1H. The first-order chi connectivity index (χ1) is 12.1. The van der Waals surface area contributed by atoms with E-state index in [1.165, 1.54) is 0 Å². The molecule has 0 aliphatic carbocycles. The predicted octanol–water partition coefficient (Wildman–Crippen LogP) is 4.91. The van der Waals surface area contributed by atoms with E-state index in [1.54, 1.807) is 0 Å². The van der Waals surface area contributed by atoms with E-state index in [-0.39, 0.29) is 30.7 Å². The fraction of sp³-hybridized carbons (Fsp3) is 0.300. The van der Waals surface area contributed by atoms with Crippen LogP contribution in [0.15, 0.2) is 42.5 Å². The Bertz CT molecular complexity index is 916. The number of rotatable bonds is 6. The number of hydrogen-bond acceptors (Lipinski definition) is 3. The zero-order chi connectivity index (χ0) is 17.8. The Morgan fingerprint density at radius 1 is 1.11 bits per heavy atom. The number of halogens is 3. The Kier molecular flexibility index (Phi) is 9.73. The Morgan fingerprint density at radius 3 is 2.52 bits per heavy atom. The minimum atomic E-state index is -0.0589. The number of fused-ring (bicyclic) bond motifs is 2. The van der Waals surface area contributed by atoms with Crippen molar-refractivity contribution in [2.45, 2.75) is 13.8 Å². The molecule has 27 heavy (non-hydrogen) atoms. The SMILES string of the molecule is CCN(CC)CCNC(=O)c1ccc(I)c2cc3ccccc3nc12.Cl.Cl. The van der Waals surface area contributed by atoms with Crippen LogP contribution >= 0.6 is 47.4 Å². The van der Waals surface area contributed by atoms with Gasteiger partial charge in [0, 0.05) is 27.4 Å². The van der Waals surface area contributed by atoms with Gasteiger partial charge in [-0.3, -0.25) is 4.79 Å². The molecule has 0 atom stereocenters. The summed E-state index contributed by atoms with van der Waals surface area (Å²) < 4.78 is 1.10. The minimum Gasteiger partial charge on any atom is -0.351 e. The van der Waals surface area contributed by atoms with Gasteiger partial charge in [0.1, 0.15) is 0 Å². The van der Waals surface area contributed by atoms with Gasteiger partial charge in [0.05, 0.1) is 16.6 Å². The highest BCUT2D eigenvalue weighted by Crippen LogP contribution is 2.26. The van der Waals surface area contributed by atoms with Gasteiger partial charge < -0.3 is 10.2 Å². The average molecular weight is 520 g/mol. The molecule has 0 bridgehead atoms. The molecule has 0 aliphatic rings. The lowest BCUT2D eigenvalue weighted by molar-refractivity contribution is 0.0950. The lowest BCUT2D eigenvalue weighted by Gasteiger charge is -2.18. The highest BCUT2D eigenvalue weighted by atomic mass is 127. The number of carbonyl (C=O) groups excluding carboxylic acids is 1. The Labute approximate surface area is 186 Å². The Hall–Kier alpha value is -1.15. The number of para-hydroxylation sites is 1. The normalized spacial score (nSPS) is 10.5. The van der Waals surface area contributed by atoms with Crippen molar-refractivity contribution < 1.29 is 4.79 Å². The van der Waals surface area contributed by atoms with Crippen LogP contribution in [0.1, 0.15) is 24.2 Å². The molecule has 0 aliphatic heterocycles. The Morgan fingerprint density at radius 2 is 1.81 bits per heavy atom. The number of amides is 1. The first-order valence-electron chi connectivity index (χ1n) is 8.62. The van der Waals surface area contributed by atoms with Crippen molar-refractivity contribution in [3.8, 4) is 0 Å². The van der Waals surface area contributed by atoms with Gasteiger partial charge in [0.25, 0.3) is 5.91 Å². The summed E-state index contributed by atoms with van der Waals surface area (Å²) in [6.45, 7) is 7.75. The van der Waals surface area contributed by atoms with Crippen LogP contribution in [0.3, 0.4) is 0 Å². The quantitative estimate of drug-likeness (QED) is 0.372. The second-order valence-electron chi connectivity index (χ2n) is 5.95. The zero-order valence-electron chi connectivity index (χ0n) is 15.4. The average Bonchev–Trinajstić information content (AvgIpc) is 2.64. The van der Waals surface area contributed by atoms with Crippen molar-refractivity contribution in [1.82, 2.24) is 15.2 Å². The fourth-order valence-electron chi connectivity index (χ4n) is 2.97. The third-order valence-electron chi connectivity index (χ3n) is 4.49. The molecule has 7 heteroatoms. The van der Waals surface area contributed by atoms with Crippen LogP contribution in [-0.4, -0.2) is 42.0 Å². The van der Waals surface area contributed by atoms with Crippen LogP contribution < -0.4 is 5.32 Å². The molecule has 146 valence electrons. The molecule has 3 aromatic rings. The van der Waals surface area contributed by atoms with E-state index in [0.717, 1.165) is 45.0 Å². The number of nitrogens with zero attached hydrogens (tertiary/aromatic N) is 2. The third kappa shape index (κ3) is 5.44. The second kappa shape index (κ2) is 11.0. The molecule has 0 saturated heterocycles. The van der Waals surface area contributed by atoms with Crippen molar-refractivity contribution in [3.05, 3.63) is 51.6 Å². The van der Waals surface area contributed by atoms with Crippen LogP contribution in [0, 0.1) is 3.57 Å². The maximum Gasteiger partial charge on any atom is 0.253 e. The number of aromatic nitrogens is 1. The molecule has 1 amide bonds. The van der Waals surface area contributed by atoms with E-state index >= 15 is 0 Å². The van der Waals surface area contributed by atoms with Gasteiger partial charge in [-0.1, -0.05) is 32.0 Å². The van der Waals surface area contributed by atoms with Gasteiger partial charge >= 0.3 is 0 Å². The van der Waals surface area contributed by atoms with E-state index < -0.39 is 0 Å². The fourth-order valence-corrected chi connectivity index (χ4v) is 3.57. The summed E-state index contributed by atoms with van der Waals surface area (Å²) >= 11 is 2.30. The smallest absolute Gasteiger partial charge is 0.253 e. The lowest BCUT2D eigenvalue weighted by Crippen LogP contribution is -2.34. The maximum absolute atomic E-state index is 12.7. The number of likely N-dealkylation sites (N-methyl/N-ethyl adjacent to an activating group) is 1. The monoisotopic (exact) mass is 519 g/mol. The van der Waals surface area contributed by atoms with Crippen LogP contribution in [0.4, 0.5) is 0 Å². The van der Waals surface area contributed by atoms with Crippen LogP contribution in [0.2, 0.25) is 0 Å². The van der Waals surface area contributed by atoms with E-state index in [0.29, 0.717) is 12.1 Å². The number of pyridine rings is 1. The minimum absolute atomic E-state index is 0. The molecule has 0 radical (unpaired) electrons. The molecular formula is C20H24Cl2IN3O. The summed E-state index contributed by atoms with van der Waals surface area (Å²) in [5, 5.41) is 5.15. The molecule has 0 unspecified atom stereocenters. The van der Waals surface area contributed by atoms with Crippen LogP contribution in [-0.2, 0) is 0 Å². The van der Waals surface area contributed by atoms with Gasteiger partial charge in [-0.15, -0.1) is 24.8 Å².